The lowest BCUT2D eigenvalue weighted by molar-refractivity contribution is -0.143. The maximum absolute atomic E-state index is 12.2. The zero-order chi connectivity index (χ0) is 22.1. The van der Waals surface area contributed by atoms with Crippen LogP contribution in [-0.4, -0.2) is 45.9 Å². The van der Waals surface area contributed by atoms with Gasteiger partial charge in [-0.2, -0.15) is 0 Å². The van der Waals surface area contributed by atoms with Crippen molar-refractivity contribution in [3.63, 3.8) is 0 Å². The summed E-state index contributed by atoms with van der Waals surface area (Å²) in [5.41, 5.74) is 1.61. The lowest BCUT2D eigenvalue weighted by Gasteiger charge is -2.19. The van der Waals surface area contributed by atoms with Gasteiger partial charge in [0.05, 0.1) is 14.2 Å². The summed E-state index contributed by atoms with van der Waals surface area (Å²) in [5.74, 6) is 0.688. The predicted molar refractivity (Wildman–Crippen MR) is 113 cm³/mol. The summed E-state index contributed by atoms with van der Waals surface area (Å²) in [6.07, 6.45) is 0. The fourth-order valence-corrected chi connectivity index (χ4v) is 2.61. The molecule has 30 heavy (non-hydrogen) atoms. The molecule has 0 saturated carbocycles. The van der Waals surface area contributed by atoms with E-state index in [1.165, 1.54) is 19.8 Å². The molecule has 7 heteroatoms. The summed E-state index contributed by atoms with van der Waals surface area (Å²) in [7, 11) is 2.99. The normalized spacial score (nSPS) is 10.8. The number of carbonyl (C=O) groups excluding carboxylic acids is 2. The molecule has 0 aliphatic heterocycles. The molecule has 0 radical (unpaired) electrons. The van der Waals surface area contributed by atoms with Crippen LogP contribution in [0.3, 0.4) is 0 Å². The van der Waals surface area contributed by atoms with Gasteiger partial charge in [0, 0.05) is 11.6 Å². The standard InChI is InChI=1S/C23H29NO6/c1-23(2,3)17-6-8-18(9-7-17)29-10-11-30-21(25)15-24-22(26)16-12-19(27-4)14-20(13-16)28-5/h6-9,12-14H,10-11,15H2,1-5H3,(H,24,26). The van der Waals surface area contributed by atoms with Crippen molar-refractivity contribution in [3.05, 3.63) is 53.6 Å². The Hall–Kier alpha value is -3.22. The number of methoxy groups -OCH3 is 2. The Morgan fingerprint density at radius 3 is 2.00 bits per heavy atom. The minimum Gasteiger partial charge on any atom is -0.497 e. The van der Waals surface area contributed by atoms with E-state index in [1.807, 2.05) is 24.3 Å². The topological polar surface area (TPSA) is 83.1 Å². The quantitative estimate of drug-likeness (QED) is 0.500. The van der Waals surface area contributed by atoms with Crippen LogP contribution in [0.1, 0.15) is 36.7 Å². The Morgan fingerprint density at radius 2 is 1.47 bits per heavy atom. The highest BCUT2D eigenvalue weighted by Crippen LogP contribution is 2.24. The number of rotatable bonds is 9. The Balaban J connectivity index is 1.73. The number of hydrogen-bond acceptors (Lipinski definition) is 6. The summed E-state index contributed by atoms with van der Waals surface area (Å²) in [6, 6.07) is 12.6. The van der Waals surface area contributed by atoms with Crippen LogP contribution in [0.2, 0.25) is 0 Å². The first kappa shape index (κ1) is 23.1. The Labute approximate surface area is 177 Å². The number of hydrogen-bond donors (Lipinski definition) is 1. The van der Waals surface area contributed by atoms with Gasteiger partial charge in [-0.15, -0.1) is 0 Å². The van der Waals surface area contributed by atoms with Crippen LogP contribution in [0.5, 0.6) is 17.2 Å². The molecule has 0 heterocycles. The van der Waals surface area contributed by atoms with E-state index in [2.05, 4.69) is 26.1 Å². The molecule has 1 amide bonds. The summed E-state index contributed by atoms with van der Waals surface area (Å²) in [4.78, 5) is 24.1. The van der Waals surface area contributed by atoms with Gasteiger partial charge in [-0.3, -0.25) is 9.59 Å². The summed E-state index contributed by atoms with van der Waals surface area (Å²) >= 11 is 0. The van der Waals surface area contributed by atoms with Gasteiger partial charge < -0.3 is 24.3 Å². The molecule has 0 spiro atoms. The number of benzene rings is 2. The lowest BCUT2D eigenvalue weighted by atomic mass is 9.87. The summed E-state index contributed by atoms with van der Waals surface area (Å²) in [5, 5.41) is 2.51. The average Bonchev–Trinajstić information content (AvgIpc) is 2.74. The van der Waals surface area contributed by atoms with Gasteiger partial charge in [-0.25, -0.2) is 0 Å². The first-order chi connectivity index (χ1) is 14.2. The first-order valence-corrected chi connectivity index (χ1v) is 9.63. The number of nitrogens with one attached hydrogen (secondary N) is 1. The number of esters is 1. The summed E-state index contributed by atoms with van der Waals surface area (Å²) < 4.78 is 20.9. The fraction of sp³-hybridized carbons (Fsp3) is 0.391. The lowest BCUT2D eigenvalue weighted by Crippen LogP contribution is -2.31. The van der Waals surface area contributed by atoms with Crippen LogP contribution in [0.4, 0.5) is 0 Å². The van der Waals surface area contributed by atoms with E-state index in [1.54, 1.807) is 18.2 Å². The highest BCUT2D eigenvalue weighted by Gasteiger charge is 2.14. The van der Waals surface area contributed by atoms with E-state index in [0.29, 0.717) is 22.8 Å². The van der Waals surface area contributed by atoms with Gasteiger partial charge in [0.15, 0.2) is 0 Å². The Kier molecular flexibility index (Phi) is 8.09. The molecule has 2 rings (SSSR count). The molecule has 0 aromatic heterocycles. The molecule has 2 aromatic rings. The molecule has 2 aromatic carbocycles. The molecule has 0 atom stereocenters. The second-order valence-corrected chi connectivity index (χ2v) is 7.63. The number of carbonyl (C=O) groups is 2. The van der Waals surface area contributed by atoms with Gasteiger partial charge >= 0.3 is 5.97 Å². The SMILES string of the molecule is COc1cc(OC)cc(C(=O)NCC(=O)OCCOc2ccc(C(C)(C)C)cc2)c1. The molecule has 0 fully saturated rings. The minimum atomic E-state index is -0.551. The van der Waals surface area contributed by atoms with Crippen molar-refractivity contribution in [3.8, 4) is 17.2 Å². The van der Waals surface area contributed by atoms with E-state index >= 15 is 0 Å². The molecule has 162 valence electrons. The van der Waals surface area contributed by atoms with Crippen LogP contribution in [-0.2, 0) is 14.9 Å². The number of amides is 1. The van der Waals surface area contributed by atoms with Crippen LogP contribution < -0.4 is 19.5 Å². The van der Waals surface area contributed by atoms with Crippen molar-refractivity contribution in [1.82, 2.24) is 5.32 Å². The highest BCUT2D eigenvalue weighted by atomic mass is 16.6. The van der Waals surface area contributed by atoms with Crippen molar-refractivity contribution in [2.45, 2.75) is 26.2 Å². The molecule has 1 N–H and O–H groups in total. The van der Waals surface area contributed by atoms with E-state index in [9.17, 15) is 9.59 Å². The van der Waals surface area contributed by atoms with Crippen LogP contribution in [0.25, 0.3) is 0 Å². The first-order valence-electron chi connectivity index (χ1n) is 9.63. The van der Waals surface area contributed by atoms with Crippen LogP contribution in [0, 0.1) is 0 Å². The highest BCUT2D eigenvalue weighted by molar-refractivity contribution is 5.96. The molecule has 0 saturated heterocycles. The predicted octanol–water partition coefficient (Wildman–Crippen LogP) is 3.35. The van der Waals surface area contributed by atoms with E-state index < -0.39 is 11.9 Å². The van der Waals surface area contributed by atoms with Crippen LogP contribution in [0.15, 0.2) is 42.5 Å². The van der Waals surface area contributed by atoms with Crippen molar-refractivity contribution in [2.75, 3.05) is 34.0 Å². The largest absolute Gasteiger partial charge is 0.497 e. The molecular formula is C23H29NO6. The van der Waals surface area contributed by atoms with Crippen molar-refractivity contribution < 1.29 is 28.5 Å². The van der Waals surface area contributed by atoms with Gasteiger partial charge in [-0.05, 0) is 35.2 Å². The Morgan fingerprint density at radius 1 is 0.867 bits per heavy atom. The van der Waals surface area contributed by atoms with E-state index in [0.717, 1.165) is 0 Å². The van der Waals surface area contributed by atoms with Gasteiger partial charge in [-0.1, -0.05) is 32.9 Å². The Bertz CT molecular complexity index is 833. The second kappa shape index (κ2) is 10.5. The molecular weight excluding hydrogens is 386 g/mol. The monoisotopic (exact) mass is 415 g/mol. The average molecular weight is 415 g/mol. The molecule has 0 aliphatic rings. The van der Waals surface area contributed by atoms with Gasteiger partial charge in [0.1, 0.15) is 37.0 Å². The molecule has 7 nitrogen and oxygen atoms in total. The maximum atomic E-state index is 12.2. The third-order valence-corrected chi connectivity index (χ3v) is 4.34. The van der Waals surface area contributed by atoms with E-state index in [-0.39, 0.29) is 25.2 Å². The third-order valence-electron chi connectivity index (χ3n) is 4.34. The maximum Gasteiger partial charge on any atom is 0.325 e. The molecule has 0 unspecified atom stereocenters. The summed E-state index contributed by atoms with van der Waals surface area (Å²) in [6.45, 7) is 6.49. The van der Waals surface area contributed by atoms with Gasteiger partial charge in [0.25, 0.3) is 5.91 Å². The van der Waals surface area contributed by atoms with E-state index in [4.69, 9.17) is 18.9 Å². The fourth-order valence-electron chi connectivity index (χ4n) is 2.61. The zero-order valence-electron chi connectivity index (χ0n) is 18.1. The van der Waals surface area contributed by atoms with Crippen molar-refractivity contribution >= 4 is 11.9 Å². The second-order valence-electron chi connectivity index (χ2n) is 7.63. The molecule has 0 aliphatic carbocycles. The third kappa shape index (κ3) is 6.99. The smallest absolute Gasteiger partial charge is 0.325 e. The molecule has 0 bridgehead atoms. The zero-order valence-corrected chi connectivity index (χ0v) is 18.1. The number of ether oxygens (including phenoxy) is 4. The minimum absolute atomic E-state index is 0.0779. The van der Waals surface area contributed by atoms with Crippen molar-refractivity contribution in [2.24, 2.45) is 0 Å². The van der Waals surface area contributed by atoms with Crippen LogP contribution >= 0.6 is 0 Å². The van der Waals surface area contributed by atoms with Crippen molar-refractivity contribution in [1.29, 1.82) is 0 Å². The van der Waals surface area contributed by atoms with Gasteiger partial charge in [0.2, 0.25) is 0 Å².